The highest BCUT2D eigenvalue weighted by Crippen LogP contribution is 2.43. The third-order valence-electron chi connectivity index (χ3n) is 5.23. The Kier molecular flexibility index (Phi) is 5.60. The fraction of sp³-hybridized carbons (Fsp3) is 0.455. The molecule has 3 aromatic carbocycles. The number of carbonyl (C=O) groups is 1. The molecule has 0 amide bonds. The number of hydrogen-bond acceptors (Lipinski definition) is 4. The molecule has 26 heavy (non-hydrogen) atoms. The van der Waals surface area contributed by atoms with Gasteiger partial charge in [-0.1, -0.05) is 57.9 Å². The van der Waals surface area contributed by atoms with Crippen molar-refractivity contribution in [2.45, 2.75) is 64.7 Å². The van der Waals surface area contributed by atoms with E-state index >= 15 is 0 Å². The van der Waals surface area contributed by atoms with Gasteiger partial charge >= 0.3 is 0 Å². The molecule has 0 heterocycles. The van der Waals surface area contributed by atoms with Gasteiger partial charge in [0.15, 0.2) is 22.7 Å². The van der Waals surface area contributed by atoms with Crippen LogP contribution in [0.3, 0.4) is 0 Å². The first-order valence-corrected chi connectivity index (χ1v) is 9.65. The van der Waals surface area contributed by atoms with Gasteiger partial charge in [0.25, 0.3) is 0 Å². The first-order chi connectivity index (χ1) is 12.6. The van der Waals surface area contributed by atoms with Crippen LogP contribution < -0.4 is 5.43 Å². The second kappa shape index (κ2) is 7.90. The number of carbonyl (C=O) groups excluding carboxylic acids is 1. The van der Waals surface area contributed by atoms with E-state index in [1.165, 1.54) is 38.5 Å². The first kappa shape index (κ1) is 18.4. The normalized spacial score (nSPS) is 11.7. The molecule has 0 radical (unpaired) electrons. The molecule has 0 saturated carbocycles. The fourth-order valence-corrected chi connectivity index (χ4v) is 3.59. The number of fused-ring (bicyclic) bond motifs is 3. The molecular weight excluding hydrogens is 328 g/mol. The van der Waals surface area contributed by atoms with E-state index in [1.807, 2.05) is 0 Å². The zero-order valence-corrected chi connectivity index (χ0v) is 15.3. The zero-order valence-electron chi connectivity index (χ0n) is 15.3. The van der Waals surface area contributed by atoms with Crippen LogP contribution in [0.25, 0.3) is 21.5 Å². The minimum atomic E-state index is -0.351. The smallest absolute Gasteiger partial charge is 0.199 e. The minimum absolute atomic E-state index is 0.0623. The summed E-state index contributed by atoms with van der Waals surface area (Å²) in [5.74, 6) is -0.575. The highest BCUT2D eigenvalue weighted by Gasteiger charge is 2.25. The van der Waals surface area contributed by atoms with Gasteiger partial charge in [-0.25, -0.2) is 0 Å². The Hall–Kier alpha value is -2.36. The quantitative estimate of drug-likeness (QED) is 0.292. The number of hydrogen-bond donors (Lipinski definition) is 2. The summed E-state index contributed by atoms with van der Waals surface area (Å²) in [5.41, 5.74) is 0.313. The number of benzene rings is 2. The molecular formula is C22H26O4. The maximum Gasteiger partial charge on any atom is 0.199 e. The van der Waals surface area contributed by atoms with Crippen molar-refractivity contribution < 1.29 is 15.0 Å². The third-order valence-corrected chi connectivity index (χ3v) is 5.23. The van der Waals surface area contributed by atoms with Crippen molar-refractivity contribution in [3.63, 3.8) is 0 Å². The van der Waals surface area contributed by atoms with Crippen LogP contribution in [0.1, 0.15) is 75.1 Å². The number of unbranched alkanes of at least 4 members (excludes halogenated alkanes) is 7. The van der Waals surface area contributed by atoms with Gasteiger partial charge in [-0.2, -0.15) is 0 Å². The van der Waals surface area contributed by atoms with E-state index in [2.05, 4.69) is 6.92 Å². The molecule has 0 atom stereocenters. The summed E-state index contributed by atoms with van der Waals surface area (Å²) in [6, 6.07) is 4.94. The lowest BCUT2D eigenvalue weighted by molar-refractivity contribution is 0.0979. The van der Waals surface area contributed by atoms with Gasteiger partial charge in [-0.15, -0.1) is 0 Å². The van der Waals surface area contributed by atoms with Crippen molar-refractivity contribution in [1.82, 2.24) is 0 Å². The molecule has 0 bridgehead atoms. The maximum atomic E-state index is 12.4. The summed E-state index contributed by atoms with van der Waals surface area (Å²) < 4.78 is 0. The lowest BCUT2D eigenvalue weighted by Crippen LogP contribution is -1.99. The van der Waals surface area contributed by atoms with E-state index in [0.717, 1.165) is 12.8 Å². The van der Waals surface area contributed by atoms with E-state index in [1.54, 1.807) is 18.2 Å². The molecule has 4 heteroatoms. The zero-order chi connectivity index (χ0) is 18.7. The number of aromatic hydroxyl groups is 2. The standard InChI is InChI=1S/C22H26O4/c1-2-3-4-5-6-7-8-9-10-17(23)14-11-12-15-16(13-14)18-19(21(18)25)22(26)20(15)24/h11-13,24,26H,2-10H2,1H3. The number of phenolic OH excluding ortho intramolecular Hbond substituents is 2. The SMILES string of the molecule is CCCCCCCCCCC(=O)c1ccc2c(O)c(O)c3c(=O)c3c2c1. The fourth-order valence-electron chi connectivity index (χ4n) is 3.59. The minimum Gasteiger partial charge on any atom is -0.504 e. The summed E-state index contributed by atoms with van der Waals surface area (Å²) in [5, 5.41) is 21.4. The van der Waals surface area contributed by atoms with Gasteiger partial charge < -0.3 is 10.2 Å². The van der Waals surface area contributed by atoms with Crippen molar-refractivity contribution in [3.05, 3.63) is 34.0 Å². The number of phenols is 2. The van der Waals surface area contributed by atoms with Crippen LogP contribution in [0.2, 0.25) is 0 Å². The molecule has 0 spiro atoms. The van der Waals surface area contributed by atoms with Crippen LogP contribution in [-0.4, -0.2) is 16.0 Å². The Labute approximate surface area is 153 Å². The van der Waals surface area contributed by atoms with Crippen molar-refractivity contribution in [2.75, 3.05) is 0 Å². The van der Waals surface area contributed by atoms with Crippen LogP contribution in [0, 0.1) is 0 Å². The van der Waals surface area contributed by atoms with E-state index in [0.29, 0.717) is 28.1 Å². The summed E-state index contributed by atoms with van der Waals surface area (Å²) in [4.78, 5) is 24.2. The van der Waals surface area contributed by atoms with E-state index in [-0.39, 0.29) is 28.1 Å². The molecule has 0 unspecified atom stereocenters. The molecule has 138 valence electrons. The van der Waals surface area contributed by atoms with Crippen molar-refractivity contribution >= 4 is 27.3 Å². The van der Waals surface area contributed by atoms with Gasteiger partial charge in [0.1, 0.15) is 0 Å². The molecule has 0 aromatic heterocycles. The Bertz CT molecular complexity index is 944. The molecule has 0 saturated heterocycles. The van der Waals surface area contributed by atoms with Gasteiger partial charge in [-0.3, -0.25) is 9.59 Å². The van der Waals surface area contributed by atoms with Crippen molar-refractivity contribution in [3.8, 4) is 11.5 Å². The third kappa shape index (κ3) is 3.59. The molecule has 3 aromatic rings. The number of Topliss-reactive ketones (excluding diaryl/α,β-unsaturated/α-hetero) is 1. The van der Waals surface area contributed by atoms with Gasteiger partial charge in [-0.05, 0) is 23.9 Å². The second-order valence-corrected chi connectivity index (χ2v) is 7.18. The Balaban J connectivity index is 1.58. The van der Waals surface area contributed by atoms with Crippen LogP contribution in [0.4, 0.5) is 0 Å². The van der Waals surface area contributed by atoms with E-state index < -0.39 is 0 Å². The lowest BCUT2D eigenvalue weighted by Gasteiger charge is -2.05. The molecule has 0 aliphatic heterocycles. The summed E-state index contributed by atoms with van der Waals surface area (Å²) in [6.45, 7) is 2.21. The lowest BCUT2D eigenvalue weighted by atomic mass is 9.99. The number of rotatable bonds is 10. The highest BCUT2D eigenvalue weighted by atomic mass is 16.3. The van der Waals surface area contributed by atoms with Gasteiger partial charge in [0, 0.05) is 22.8 Å². The maximum absolute atomic E-state index is 12.4. The topological polar surface area (TPSA) is 74.6 Å². The number of ketones is 1. The average Bonchev–Trinajstić information content (AvgIpc) is 3.32. The summed E-state index contributed by atoms with van der Waals surface area (Å²) in [7, 11) is 0. The van der Waals surface area contributed by atoms with E-state index in [4.69, 9.17) is 0 Å². The van der Waals surface area contributed by atoms with Crippen LogP contribution in [0.5, 0.6) is 11.5 Å². The second-order valence-electron chi connectivity index (χ2n) is 7.18. The average molecular weight is 354 g/mol. The van der Waals surface area contributed by atoms with Gasteiger partial charge in [0.05, 0.1) is 5.39 Å². The summed E-state index contributed by atoms with van der Waals surface area (Å²) in [6.07, 6.45) is 9.99. The first-order valence-electron chi connectivity index (χ1n) is 9.65. The highest BCUT2D eigenvalue weighted by molar-refractivity contribution is 6.22. The Morgan fingerprint density at radius 2 is 1.50 bits per heavy atom. The van der Waals surface area contributed by atoms with Gasteiger partial charge in [0.2, 0.25) is 0 Å². The van der Waals surface area contributed by atoms with Crippen LogP contribution in [-0.2, 0) is 0 Å². The van der Waals surface area contributed by atoms with Crippen molar-refractivity contribution in [1.29, 1.82) is 0 Å². The predicted octanol–water partition coefficient (Wildman–Crippen LogP) is 5.35. The monoisotopic (exact) mass is 354 g/mol. The molecule has 0 aliphatic rings. The Morgan fingerprint density at radius 1 is 0.846 bits per heavy atom. The summed E-state index contributed by atoms with van der Waals surface area (Å²) >= 11 is 0. The van der Waals surface area contributed by atoms with Crippen molar-refractivity contribution in [2.24, 2.45) is 0 Å². The molecule has 2 N–H and O–H groups in total. The largest absolute Gasteiger partial charge is 0.504 e. The predicted molar refractivity (Wildman–Crippen MR) is 105 cm³/mol. The Morgan fingerprint density at radius 3 is 2.19 bits per heavy atom. The molecule has 0 aliphatic carbocycles. The molecule has 4 nitrogen and oxygen atoms in total. The van der Waals surface area contributed by atoms with Crippen LogP contribution in [0.15, 0.2) is 23.0 Å². The van der Waals surface area contributed by atoms with E-state index in [9.17, 15) is 19.8 Å². The van der Waals surface area contributed by atoms with Crippen LogP contribution >= 0.6 is 0 Å². The molecule has 3 rings (SSSR count). The molecule has 0 fully saturated rings.